The Balaban J connectivity index is 2.96. The van der Waals surface area contributed by atoms with Crippen LogP contribution in [0.3, 0.4) is 0 Å². The van der Waals surface area contributed by atoms with E-state index < -0.39 is 5.37 Å². The normalized spacial score (nSPS) is 13.0. The van der Waals surface area contributed by atoms with E-state index in [1.807, 2.05) is 0 Å². The fourth-order valence-corrected chi connectivity index (χ4v) is 1.30. The van der Waals surface area contributed by atoms with Crippen molar-refractivity contribution in [3.8, 4) is 0 Å². The maximum absolute atomic E-state index is 12.0. The molecule has 0 spiro atoms. The highest BCUT2D eigenvalue weighted by Gasteiger charge is 2.07. The summed E-state index contributed by atoms with van der Waals surface area (Å²) in [4.78, 5) is 0. The molecule has 66 valence electrons. The maximum Gasteiger partial charge on any atom is 0.108 e. The zero-order valence-electron chi connectivity index (χ0n) is 5.93. The summed E-state index contributed by atoms with van der Waals surface area (Å²) in [6.07, 6.45) is 0. The summed E-state index contributed by atoms with van der Waals surface area (Å²) in [5.74, 6) is 0. The molecule has 0 fully saturated rings. The van der Waals surface area contributed by atoms with E-state index in [9.17, 15) is 3.89 Å². The molecular weight excluding hydrogens is 220 g/mol. The lowest BCUT2D eigenvalue weighted by molar-refractivity contribution is 0.888. The van der Waals surface area contributed by atoms with Gasteiger partial charge in [0.15, 0.2) is 0 Å². The van der Waals surface area contributed by atoms with Crippen LogP contribution in [0.1, 0.15) is 10.9 Å². The largest absolute Gasteiger partial charge is 0.313 e. The van der Waals surface area contributed by atoms with Crippen molar-refractivity contribution in [3.05, 3.63) is 33.8 Å². The fraction of sp³-hybridized carbons (Fsp3) is 0.143. The summed E-state index contributed by atoms with van der Waals surface area (Å²) in [6, 6.07) is 4.79. The summed E-state index contributed by atoms with van der Waals surface area (Å²) in [5.41, 5.74) is 6.02. The molecule has 0 saturated heterocycles. The maximum atomic E-state index is 12.0. The first-order chi connectivity index (χ1) is 5.65. The van der Waals surface area contributed by atoms with Gasteiger partial charge in [-0.1, -0.05) is 29.3 Å². The van der Waals surface area contributed by atoms with E-state index in [0.717, 1.165) is 0 Å². The minimum absolute atomic E-state index is 0.0685. The Hall–Kier alpha value is 0.0400. The van der Waals surface area contributed by atoms with Crippen molar-refractivity contribution in [3.63, 3.8) is 0 Å². The Morgan fingerprint density at radius 2 is 2.00 bits per heavy atom. The lowest BCUT2D eigenvalue weighted by atomic mass is 10.2. The molecule has 0 aliphatic carbocycles. The molecule has 2 N–H and O–H groups in total. The van der Waals surface area contributed by atoms with Crippen molar-refractivity contribution < 1.29 is 3.89 Å². The van der Waals surface area contributed by atoms with Gasteiger partial charge in [0.25, 0.3) is 0 Å². The van der Waals surface area contributed by atoms with Crippen molar-refractivity contribution in [2.75, 3.05) is 0 Å². The molecule has 0 aromatic heterocycles. The van der Waals surface area contributed by atoms with Gasteiger partial charge in [-0.05, 0) is 17.7 Å². The van der Waals surface area contributed by atoms with Gasteiger partial charge < -0.3 is 5.73 Å². The molecule has 0 aliphatic heterocycles. The second-order valence-electron chi connectivity index (χ2n) is 2.18. The molecule has 1 aromatic carbocycles. The van der Waals surface area contributed by atoms with Crippen LogP contribution in [0.25, 0.3) is 0 Å². The quantitative estimate of drug-likeness (QED) is 0.780. The number of rotatable bonds is 2. The van der Waals surface area contributed by atoms with Gasteiger partial charge in [0.2, 0.25) is 0 Å². The van der Waals surface area contributed by atoms with Gasteiger partial charge in [-0.25, -0.2) is 0 Å². The summed E-state index contributed by atoms with van der Waals surface area (Å²) in [7, 11) is 0. The standard InChI is InChI=1S/C7H6Cl2FNS/c8-5-2-1-4(3-6(5)9)7(11)12-10/h1-3,7H,11H2. The average molecular weight is 226 g/mol. The molecule has 1 nitrogen and oxygen atoms in total. The topological polar surface area (TPSA) is 26.0 Å². The first-order valence-corrected chi connectivity index (χ1v) is 4.66. The van der Waals surface area contributed by atoms with Crippen molar-refractivity contribution in [2.24, 2.45) is 5.73 Å². The zero-order valence-corrected chi connectivity index (χ0v) is 8.26. The third-order valence-electron chi connectivity index (χ3n) is 1.37. The van der Waals surface area contributed by atoms with Gasteiger partial charge in [-0.3, -0.25) is 0 Å². The molecule has 12 heavy (non-hydrogen) atoms. The predicted molar refractivity (Wildman–Crippen MR) is 52.1 cm³/mol. The minimum atomic E-state index is -0.695. The van der Waals surface area contributed by atoms with E-state index in [2.05, 4.69) is 0 Å². The lowest BCUT2D eigenvalue weighted by Gasteiger charge is -2.06. The Bertz CT molecular complexity index is 282. The highest BCUT2D eigenvalue weighted by Crippen LogP contribution is 2.29. The highest BCUT2D eigenvalue weighted by molar-refractivity contribution is 7.94. The van der Waals surface area contributed by atoms with Crippen LogP contribution in [0.2, 0.25) is 10.0 Å². The van der Waals surface area contributed by atoms with Crippen molar-refractivity contribution in [2.45, 2.75) is 5.37 Å². The highest BCUT2D eigenvalue weighted by atomic mass is 35.5. The summed E-state index contributed by atoms with van der Waals surface area (Å²) in [6.45, 7) is 0. The first-order valence-electron chi connectivity index (χ1n) is 3.13. The molecule has 0 aliphatic rings. The summed E-state index contributed by atoms with van der Waals surface area (Å²) in [5, 5.41) is 0.134. The van der Waals surface area contributed by atoms with Crippen LogP contribution < -0.4 is 5.73 Å². The molecule has 0 saturated carbocycles. The van der Waals surface area contributed by atoms with Crippen LogP contribution in [-0.4, -0.2) is 0 Å². The molecule has 0 radical (unpaired) electrons. The molecule has 1 aromatic rings. The molecule has 0 bridgehead atoms. The van der Waals surface area contributed by atoms with E-state index in [-0.39, 0.29) is 12.1 Å². The van der Waals surface area contributed by atoms with Crippen molar-refractivity contribution >= 4 is 35.3 Å². The Kier molecular flexibility index (Phi) is 3.65. The third-order valence-corrected chi connectivity index (χ3v) is 2.57. The van der Waals surface area contributed by atoms with Crippen LogP contribution in [0, 0.1) is 0 Å². The van der Waals surface area contributed by atoms with Gasteiger partial charge in [-0.15, -0.1) is 0 Å². The predicted octanol–water partition coefficient (Wildman–Crippen LogP) is 3.57. The molecular formula is C7H6Cl2FNS. The van der Waals surface area contributed by atoms with Crippen LogP contribution in [-0.2, 0) is 0 Å². The van der Waals surface area contributed by atoms with Crippen molar-refractivity contribution in [1.29, 1.82) is 0 Å². The van der Waals surface area contributed by atoms with Gasteiger partial charge in [0.1, 0.15) is 5.37 Å². The molecule has 1 unspecified atom stereocenters. The van der Waals surface area contributed by atoms with Crippen LogP contribution >= 0.6 is 35.3 Å². The second kappa shape index (κ2) is 4.33. The van der Waals surface area contributed by atoms with Crippen LogP contribution in [0.15, 0.2) is 18.2 Å². The van der Waals surface area contributed by atoms with E-state index in [1.54, 1.807) is 18.2 Å². The SMILES string of the molecule is NC(SF)c1ccc(Cl)c(Cl)c1. The number of hydrogen-bond acceptors (Lipinski definition) is 2. The molecule has 5 heteroatoms. The first kappa shape index (κ1) is 10.1. The van der Waals surface area contributed by atoms with Gasteiger partial charge >= 0.3 is 0 Å². The molecule has 1 rings (SSSR count). The molecule has 1 atom stereocenters. The number of nitrogens with two attached hydrogens (primary N) is 1. The smallest absolute Gasteiger partial charge is 0.108 e. The fourth-order valence-electron chi connectivity index (χ4n) is 0.741. The van der Waals surface area contributed by atoms with Crippen LogP contribution in [0.5, 0.6) is 0 Å². The Labute approximate surface area is 84.3 Å². The number of hydrogen-bond donors (Lipinski definition) is 1. The number of halogens is 3. The monoisotopic (exact) mass is 225 g/mol. The van der Waals surface area contributed by atoms with E-state index >= 15 is 0 Å². The number of benzene rings is 1. The zero-order chi connectivity index (χ0) is 9.14. The van der Waals surface area contributed by atoms with E-state index in [0.29, 0.717) is 15.6 Å². The van der Waals surface area contributed by atoms with Gasteiger partial charge in [0, 0.05) is 0 Å². The minimum Gasteiger partial charge on any atom is -0.313 e. The Morgan fingerprint density at radius 3 is 2.50 bits per heavy atom. The van der Waals surface area contributed by atoms with Gasteiger partial charge in [0.05, 0.1) is 22.2 Å². The van der Waals surface area contributed by atoms with Crippen molar-refractivity contribution in [1.82, 2.24) is 0 Å². The molecule has 0 amide bonds. The third kappa shape index (κ3) is 2.26. The lowest BCUT2D eigenvalue weighted by Crippen LogP contribution is -2.03. The van der Waals surface area contributed by atoms with Gasteiger partial charge in [-0.2, -0.15) is 3.89 Å². The van der Waals surface area contributed by atoms with E-state index in [1.165, 1.54) is 0 Å². The van der Waals surface area contributed by atoms with Crippen LogP contribution in [0.4, 0.5) is 3.89 Å². The average Bonchev–Trinajstić information content (AvgIpc) is 2.08. The second-order valence-corrected chi connectivity index (χ2v) is 3.68. The van der Waals surface area contributed by atoms with E-state index in [4.69, 9.17) is 28.9 Å². The molecule has 0 heterocycles. The Morgan fingerprint density at radius 1 is 1.33 bits per heavy atom. The summed E-state index contributed by atoms with van der Waals surface area (Å²) < 4.78 is 12.0. The summed E-state index contributed by atoms with van der Waals surface area (Å²) >= 11 is 11.4.